The van der Waals surface area contributed by atoms with Gasteiger partial charge in [-0.3, -0.25) is 0 Å². The number of anilines is 1. The maximum Gasteiger partial charge on any atom is 0.0377 e. The highest BCUT2D eigenvalue weighted by Gasteiger charge is 2.17. The minimum atomic E-state index is 0.696. The van der Waals surface area contributed by atoms with E-state index >= 15 is 0 Å². The van der Waals surface area contributed by atoms with Crippen molar-refractivity contribution in [1.29, 1.82) is 0 Å². The Bertz CT molecular complexity index is 383. The maximum atomic E-state index is 3.79. The summed E-state index contributed by atoms with van der Waals surface area (Å²) in [6.07, 6.45) is 8.01. The lowest BCUT2D eigenvalue weighted by molar-refractivity contribution is 0.669. The van der Waals surface area contributed by atoms with Crippen molar-refractivity contribution in [2.24, 2.45) is 0 Å². The first-order valence-electron chi connectivity index (χ1n) is 6.88. The van der Waals surface area contributed by atoms with Gasteiger partial charge in [-0.1, -0.05) is 12.1 Å². The summed E-state index contributed by atoms with van der Waals surface area (Å²) >= 11 is 2.10. The second-order valence-corrected chi connectivity index (χ2v) is 6.36. The van der Waals surface area contributed by atoms with Gasteiger partial charge in [0.2, 0.25) is 0 Å². The van der Waals surface area contributed by atoms with Gasteiger partial charge in [0.1, 0.15) is 0 Å². The van der Waals surface area contributed by atoms with E-state index in [9.17, 15) is 0 Å². The number of fused-ring (bicyclic) bond motifs is 1. The third-order valence-electron chi connectivity index (χ3n) is 3.92. The van der Waals surface area contributed by atoms with Gasteiger partial charge in [-0.15, -0.1) is 0 Å². The first kappa shape index (κ1) is 11.5. The molecule has 1 aliphatic carbocycles. The van der Waals surface area contributed by atoms with E-state index in [0.717, 1.165) is 0 Å². The van der Waals surface area contributed by atoms with Gasteiger partial charge in [0.25, 0.3) is 0 Å². The molecule has 0 radical (unpaired) electrons. The van der Waals surface area contributed by atoms with Crippen molar-refractivity contribution in [1.82, 2.24) is 0 Å². The topological polar surface area (TPSA) is 12.0 Å². The molecule has 2 heteroatoms. The molecule has 1 N–H and O–H groups in total. The standard InChI is InChI=1S/C15H21NS/c1-2-8-14-12(5-1)6-3-9-15(14)16-13-7-4-10-17-11-13/h3,6,9,13,16H,1-2,4-5,7-8,10-11H2. The van der Waals surface area contributed by atoms with Crippen LogP contribution in [0.25, 0.3) is 0 Å². The van der Waals surface area contributed by atoms with Crippen molar-refractivity contribution in [3.05, 3.63) is 29.3 Å². The molecular formula is C15H21NS. The van der Waals surface area contributed by atoms with E-state index in [2.05, 4.69) is 35.3 Å². The molecule has 1 unspecified atom stereocenters. The highest BCUT2D eigenvalue weighted by molar-refractivity contribution is 7.99. The molecule has 1 nitrogen and oxygen atoms in total. The average Bonchev–Trinajstić information content (AvgIpc) is 2.40. The Morgan fingerprint density at radius 1 is 1.12 bits per heavy atom. The number of thioether (sulfide) groups is 1. The number of hydrogen-bond donors (Lipinski definition) is 1. The van der Waals surface area contributed by atoms with Crippen LogP contribution in [-0.2, 0) is 12.8 Å². The Balaban J connectivity index is 1.77. The van der Waals surface area contributed by atoms with Crippen LogP contribution < -0.4 is 5.32 Å². The summed E-state index contributed by atoms with van der Waals surface area (Å²) in [5.41, 5.74) is 4.62. The summed E-state index contributed by atoms with van der Waals surface area (Å²) in [6.45, 7) is 0. The summed E-state index contributed by atoms with van der Waals surface area (Å²) < 4.78 is 0. The van der Waals surface area contributed by atoms with Gasteiger partial charge < -0.3 is 5.32 Å². The van der Waals surface area contributed by atoms with Crippen molar-refractivity contribution in [2.45, 2.75) is 44.6 Å². The fraction of sp³-hybridized carbons (Fsp3) is 0.600. The quantitative estimate of drug-likeness (QED) is 0.851. The molecule has 0 amide bonds. The second kappa shape index (κ2) is 5.34. The Labute approximate surface area is 108 Å². The van der Waals surface area contributed by atoms with E-state index in [1.54, 1.807) is 11.1 Å². The highest BCUT2D eigenvalue weighted by Crippen LogP contribution is 2.29. The van der Waals surface area contributed by atoms with E-state index < -0.39 is 0 Å². The lowest BCUT2D eigenvalue weighted by Gasteiger charge is -2.27. The minimum absolute atomic E-state index is 0.696. The van der Waals surface area contributed by atoms with E-state index in [4.69, 9.17) is 0 Å². The zero-order chi connectivity index (χ0) is 11.5. The Morgan fingerprint density at radius 3 is 2.94 bits per heavy atom. The van der Waals surface area contributed by atoms with E-state index in [1.165, 1.54) is 55.7 Å². The molecule has 0 aromatic heterocycles. The summed E-state index contributed by atoms with van der Waals surface area (Å²) in [7, 11) is 0. The summed E-state index contributed by atoms with van der Waals surface area (Å²) in [5.74, 6) is 2.63. The summed E-state index contributed by atoms with van der Waals surface area (Å²) in [4.78, 5) is 0. The average molecular weight is 247 g/mol. The Hall–Kier alpha value is -0.630. The van der Waals surface area contributed by atoms with Gasteiger partial charge in [-0.2, -0.15) is 11.8 Å². The minimum Gasteiger partial charge on any atom is -0.381 e. The molecule has 1 aliphatic heterocycles. The molecule has 1 heterocycles. The van der Waals surface area contributed by atoms with Crippen LogP contribution in [0.3, 0.4) is 0 Å². The van der Waals surface area contributed by atoms with Crippen LogP contribution in [0.15, 0.2) is 18.2 Å². The molecule has 92 valence electrons. The Morgan fingerprint density at radius 2 is 2.06 bits per heavy atom. The second-order valence-electron chi connectivity index (χ2n) is 5.21. The molecule has 1 aromatic carbocycles. The van der Waals surface area contributed by atoms with Crippen molar-refractivity contribution in [2.75, 3.05) is 16.8 Å². The van der Waals surface area contributed by atoms with Crippen LogP contribution in [0.1, 0.15) is 36.8 Å². The fourth-order valence-corrected chi connectivity index (χ4v) is 4.06. The van der Waals surface area contributed by atoms with Crippen LogP contribution in [0.5, 0.6) is 0 Å². The van der Waals surface area contributed by atoms with Gasteiger partial charge >= 0.3 is 0 Å². The van der Waals surface area contributed by atoms with Gasteiger partial charge in [0, 0.05) is 17.5 Å². The molecule has 2 aliphatic rings. The molecule has 17 heavy (non-hydrogen) atoms. The zero-order valence-corrected chi connectivity index (χ0v) is 11.2. The zero-order valence-electron chi connectivity index (χ0n) is 10.4. The predicted molar refractivity (Wildman–Crippen MR) is 77.1 cm³/mol. The number of rotatable bonds is 2. The molecule has 1 atom stereocenters. The predicted octanol–water partition coefficient (Wildman–Crippen LogP) is 3.87. The van der Waals surface area contributed by atoms with Crippen LogP contribution in [0, 0.1) is 0 Å². The van der Waals surface area contributed by atoms with Crippen molar-refractivity contribution < 1.29 is 0 Å². The number of nitrogens with one attached hydrogen (secondary N) is 1. The number of aryl methyl sites for hydroxylation is 1. The van der Waals surface area contributed by atoms with Gasteiger partial charge in [0.15, 0.2) is 0 Å². The number of benzene rings is 1. The third-order valence-corrected chi connectivity index (χ3v) is 5.13. The maximum absolute atomic E-state index is 3.79. The van der Waals surface area contributed by atoms with Gasteiger partial charge in [-0.05, 0) is 61.5 Å². The molecule has 1 saturated heterocycles. The van der Waals surface area contributed by atoms with Crippen molar-refractivity contribution >= 4 is 17.4 Å². The highest BCUT2D eigenvalue weighted by atomic mass is 32.2. The van der Waals surface area contributed by atoms with Gasteiger partial charge in [-0.25, -0.2) is 0 Å². The van der Waals surface area contributed by atoms with Crippen molar-refractivity contribution in [3.63, 3.8) is 0 Å². The van der Waals surface area contributed by atoms with Crippen LogP contribution in [0.2, 0.25) is 0 Å². The number of hydrogen-bond acceptors (Lipinski definition) is 2. The lowest BCUT2D eigenvalue weighted by atomic mass is 9.90. The molecule has 0 spiro atoms. The largest absolute Gasteiger partial charge is 0.381 e. The van der Waals surface area contributed by atoms with Crippen LogP contribution >= 0.6 is 11.8 Å². The summed E-state index contributed by atoms with van der Waals surface area (Å²) in [5, 5.41) is 3.79. The smallest absolute Gasteiger partial charge is 0.0377 e. The normalized spacial score (nSPS) is 24.1. The van der Waals surface area contributed by atoms with Gasteiger partial charge in [0.05, 0.1) is 0 Å². The van der Waals surface area contributed by atoms with E-state index in [1.807, 2.05) is 0 Å². The molecule has 0 saturated carbocycles. The SMILES string of the molecule is c1cc2c(c(NC3CCCSC3)c1)CCCC2. The Kier molecular flexibility index (Phi) is 3.60. The third kappa shape index (κ3) is 2.62. The monoisotopic (exact) mass is 247 g/mol. The molecule has 3 rings (SSSR count). The van der Waals surface area contributed by atoms with E-state index in [0.29, 0.717) is 6.04 Å². The van der Waals surface area contributed by atoms with Crippen LogP contribution in [-0.4, -0.2) is 17.5 Å². The first-order valence-corrected chi connectivity index (χ1v) is 8.04. The van der Waals surface area contributed by atoms with Crippen molar-refractivity contribution in [3.8, 4) is 0 Å². The molecular weight excluding hydrogens is 226 g/mol. The van der Waals surface area contributed by atoms with E-state index in [-0.39, 0.29) is 0 Å². The first-order chi connectivity index (χ1) is 8.43. The summed E-state index contributed by atoms with van der Waals surface area (Å²) in [6, 6.07) is 7.52. The molecule has 0 bridgehead atoms. The molecule has 1 fully saturated rings. The fourth-order valence-electron chi connectivity index (χ4n) is 2.99. The lowest BCUT2D eigenvalue weighted by Crippen LogP contribution is -2.26. The molecule has 1 aromatic rings. The van der Waals surface area contributed by atoms with Crippen LogP contribution in [0.4, 0.5) is 5.69 Å².